The summed E-state index contributed by atoms with van der Waals surface area (Å²) in [6, 6.07) is 0. The lowest BCUT2D eigenvalue weighted by molar-refractivity contribution is -0.145. The van der Waals surface area contributed by atoms with E-state index in [1.54, 1.807) is 0 Å². The van der Waals surface area contributed by atoms with Gasteiger partial charge in [0, 0.05) is 18.9 Å². The zero-order chi connectivity index (χ0) is 13.3. The minimum absolute atomic E-state index is 0.116. The molecule has 0 aromatic rings. The molecule has 102 valence electrons. The highest BCUT2D eigenvalue weighted by molar-refractivity contribution is 5.80. The van der Waals surface area contributed by atoms with E-state index in [4.69, 9.17) is 5.11 Å². The van der Waals surface area contributed by atoms with E-state index in [1.165, 1.54) is 4.90 Å². The van der Waals surface area contributed by atoms with Crippen LogP contribution in [0.4, 0.5) is 8.78 Å². The number of halogens is 2. The predicted molar refractivity (Wildman–Crippen MR) is 59.2 cm³/mol. The number of aliphatic carboxylic acids is 1. The van der Waals surface area contributed by atoms with Crippen molar-refractivity contribution in [3.63, 3.8) is 0 Å². The van der Waals surface area contributed by atoms with E-state index in [9.17, 15) is 18.4 Å². The first-order chi connectivity index (χ1) is 8.39. The number of rotatable bonds is 2. The molecule has 0 radical (unpaired) electrons. The molecule has 0 aromatic carbocycles. The zero-order valence-electron chi connectivity index (χ0n) is 10.1. The summed E-state index contributed by atoms with van der Waals surface area (Å²) in [6.07, 6.45) is 1.67. The van der Waals surface area contributed by atoms with Crippen molar-refractivity contribution in [3.05, 3.63) is 0 Å². The van der Waals surface area contributed by atoms with Crippen molar-refractivity contribution in [2.24, 2.45) is 11.8 Å². The number of nitrogens with zero attached hydrogens (tertiary/aromatic N) is 1. The standard InChI is InChI=1S/C12H17F2NO3/c13-12(14)5-6-15(7-12)10(16)8-1-3-9(4-2-8)11(17)18/h8-9H,1-7H2,(H,17,18). The molecule has 1 saturated heterocycles. The quantitative estimate of drug-likeness (QED) is 0.823. The normalized spacial score (nSPS) is 31.3. The average Bonchev–Trinajstić information content (AvgIpc) is 2.69. The average molecular weight is 261 g/mol. The summed E-state index contributed by atoms with van der Waals surface area (Å²) in [5.74, 6) is -4.46. The van der Waals surface area contributed by atoms with E-state index < -0.39 is 18.4 Å². The van der Waals surface area contributed by atoms with Crippen molar-refractivity contribution in [2.75, 3.05) is 13.1 Å². The number of hydrogen-bond acceptors (Lipinski definition) is 2. The van der Waals surface area contributed by atoms with Crippen molar-refractivity contribution in [1.82, 2.24) is 4.90 Å². The van der Waals surface area contributed by atoms with Crippen molar-refractivity contribution in [3.8, 4) is 0 Å². The van der Waals surface area contributed by atoms with Gasteiger partial charge in [-0.3, -0.25) is 9.59 Å². The summed E-state index contributed by atoms with van der Waals surface area (Å²) >= 11 is 0. The second kappa shape index (κ2) is 4.82. The van der Waals surface area contributed by atoms with E-state index in [-0.39, 0.29) is 30.7 Å². The van der Waals surface area contributed by atoms with Crippen LogP contribution in [0.15, 0.2) is 0 Å². The van der Waals surface area contributed by atoms with Crippen LogP contribution in [-0.2, 0) is 9.59 Å². The Hall–Kier alpha value is -1.20. The summed E-state index contributed by atoms with van der Waals surface area (Å²) in [5.41, 5.74) is 0. The van der Waals surface area contributed by atoms with Gasteiger partial charge in [0.2, 0.25) is 5.91 Å². The van der Waals surface area contributed by atoms with Crippen LogP contribution in [0.25, 0.3) is 0 Å². The lowest BCUT2D eigenvalue weighted by Crippen LogP contribution is -2.38. The Morgan fingerprint density at radius 1 is 1.11 bits per heavy atom. The Bertz CT molecular complexity index is 351. The second-order valence-electron chi connectivity index (χ2n) is 5.25. The Kier molecular flexibility index (Phi) is 3.54. The molecule has 2 rings (SSSR count). The maximum atomic E-state index is 13.0. The van der Waals surface area contributed by atoms with Crippen molar-refractivity contribution < 1.29 is 23.5 Å². The Morgan fingerprint density at radius 2 is 1.67 bits per heavy atom. The molecule has 1 N–H and O–H groups in total. The SMILES string of the molecule is O=C(O)C1CCC(C(=O)N2CCC(F)(F)C2)CC1. The number of amides is 1. The predicted octanol–water partition coefficient (Wildman–Crippen LogP) is 1.74. The zero-order valence-corrected chi connectivity index (χ0v) is 10.1. The molecule has 1 heterocycles. The number of carbonyl (C=O) groups is 2. The third kappa shape index (κ3) is 2.79. The molecular weight excluding hydrogens is 244 g/mol. The number of likely N-dealkylation sites (tertiary alicyclic amines) is 1. The molecule has 0 aromatic heterocycles. The van der Waals surface area contributed by atoms with E-state index in [0.717, 1.165) is 0 Å². The molecule has 1 saturated carbocycles. The van der Waals surface area contributed by atoms with Gasteiger partial charge in [0.25, 0.3) is 5.92 Å². The van der Waals surface area contributed by atoms with Crippen LogP contribution >= 0.6 is 0 Å². The largest absolute Gasteiger partial charge is 0.481 e. The summed E-state index contributed by atoms with van der Waals surface area (Å²) in [6.45, 7) is -0.366. The van der Waals surface area contributed by atoms with E-state index in [2.05, 4.69) is 0 Å². The van der Waals surface area contributed by atoms with Crippen LogP contribution in [0, 0.1) is 11.8 Å². The maximum Gasteiger partial charge on any atom is 0.306 e. The van der Waals surface area contributed by atoms with Gasteiger partial charge in [-0.05, 0) is 25.7 Å². The smallest absolute Gasteiger partial charge is 0.306 e. The van der Waals surface area contributed by atoms with Crippen molar-refractivity contribution in [2.45, 2.75) is 38.0 Å². The lowest BCUT2D eigenvalue weighted by atomic mass is 9.81. The van der Waals surface area contributed by atoms with Gasteiger partial charge in [0.05, 0.1) is 12.5 Å². The number of carboxylic acids is 1. The van der Waals surface area contributed by atoms with Gasteiger partial charge in [-0.1, -0.05) is 0 Å². The molecule has 6 heteroatoms. The Balaban J connectivity index is 1.87. The molecule has 0 atom stereocenters. The maximum absolute atomic E-state index is 13.0. The first kappa shape index (κ1) is 13.2. The molecular formula is C12H17F2NO3. The van der Waals surface area contributed by atoms with Crippen LogP contribution in [0.1, 0.15) is 32.1 Å². The number of carbonyl (C=O) groups excluding carboxylic acids is 1. The molecule has 0 bridgehead atoms. The molecule has 4 nitrogen and oxygen atoms in total. The lowest BCUT2D eigenvalue weighted by Gasteiger charge is -2.28. The van der Waals surface area contributed by atoms with E-state index >= 15 is 0 Å². The minimum Gasteiger partial charge on any atom is -0.481 e. The molecule has 1 aliphatic carbocycles. The van der Waals surface area contributed by atoms with Crippen LogP contribution in [0.3, 0.4) is 0 Å². The summed E-state index contributed by atoms with van der Waals surface area (Å²) in [4.78, 5) is 24.0. The third-order valence-electron chi connectivity index (χ3n) is 3.91. The molecule has 2 fully saturated rings. The van der Waals surface area contributed by atoms with Crippen LogP contribution in [-0.4, -0.2) is 40.9 Å². The fourth-order valence-corrected chi connectivity index (χ4v) is 2.77. The van der Waals surface area contributed by atoms with Crippen molar-refractivity contribution >= 4 is 11.9 Å². The topological polar surface area (TPSA) is 57.6 Å². The summed E-state index contributed by atoms with van der Waals surface area (Å²) in [5, 5.41) is 8.85. The monoisotopic (exact) mass is 261 g/mol. The number of hydrogen-bond donors (Lipinski definition) is 1. The van der Waals surface area contributed by atoms with Crippen LogP contribution in [0.2, 0.25) is 0 Å². The molecule has 1 aliphatic heterocycles. The molecule has 0 unspecified atom stereocenters. The Morgan fingerprint density at radius 3 is 2.11 bits per heavy atom. The number of carboxylic acid groups (broad SMARTS) is 1. The van der Waals surface area contributed by atoms with E-state index in [1.807, 2.05) is 0 Å². The summed E-state index contributed by atoms with van der Waals surface area (Å²) in [7, 11) is 0. The van der Waals surface area contributed by atoms with Crippen molar-refractivity contribution in [1.29, 1.82) is 0 Å². The minimum atomic E-state index is -2.76. The molecule has 0 spiro atoms. The van der Waals surface area contributed by atoms with Gasteiger partial charge in [-0.2, -0.15) is 0 Å². The highest BCUT2D eigenvalue weighted by Gasteiger charge is 2.42. The Labute approximate surface area is 104 Å². The molecule has 2 aliphatic rings. The third-order valence-corrected chi connectivity index (χ3v) is 3.91. The first-order valence-electron chi connectivity index (χ1n) is 6.28. The highest BCUT2D eigenvalue weighted by Crippen LogP contribution is 2.33. The van der Waals surface area contributed by atoms with Gasteiger partial charge in [0.15, 0.2) is 0 Å². The summed E-state index contributed by atoms with van der Waals surface area (Å²) < 4.78 is 26.0. The molecule has 18 heavy (non-hydrogen) atoms. The van der Waals surface area contributed by atoms with Crippen LogP contribution in [0.5, 0.6) is 0 Å². The first-order valence-corrected chi connectivity index (χ1v) is 6.28. The van der Waals surface area contributed by atoms with Gasteiger partial charge in [-0.15, -0.1) is 0 Å². The fourth-order valence-electron chi connectivity index (χ4n) is 2.77. The van der Waals surface area contributed by atoms with E-state index in [0.29, 0.717) is 25.7 Å². The van der Waals surface area contributed by atoms with Gasteiger partial charge in [0.1, 0.15) is 0 Å². The highest BCUT2D eigenvalue weighted by atomic mass is 19.3. The fraction of sp³-hybridized carbons (Fsp3) is 0.833. The van der Waals surface area contributed by atoms with Gasteiger partial charge < -0.3 is 10.0 Å². The second-order valence-corrected chi connectivity index (χ2v) is 5.25. The number of alkyl halides is 2. The van der Waals surface area contributed by atoms with Crippen LogP contribution < -0.4 is 0 Å². The van der Waals surface area contributed by atoms with Gasteiger partial charge in [-0.25, -0.2) is 8.78 Å². The van der Waals surface area contributed by atoms with Gasteiger partial charge >= 0.3 is 5.97 Å². The molecule has 1 amide bonds.